The Hall–Kier alpha value is -3.16. The van der Waals surface area contributed by atoms with Crippen molar-refractivity contribution in [2.24, 2.45) is 4.99 Å². The number of aromatic amines is 1. The summed E-state index contributed by atoms with van der Waals surface area (Å²) in [7, 11) is 0. The summed E-state index contributed by atoms with van der Waals surface area (Å²) in [6.45, 7) is 0. The van der Waals surface area contributed by atoms with Crippen LogP contribution in [-0.4, -0.2) is 26.6 Å². The lowest BCUT2D eigenvalue weighted by Gasteiger charge is -2.18. The Morgan fingerprint density at radius 2 is 1.63 bits per heavy atom. The molecule has 0 aliphatic carbocycles. The average molecular weight is 494 g/mol. The zero-order chi connectivity index (χ0) is 22.1. The summed E-state index contributed by atoms with van der Waals surface area (Å²) in [6.07, 6.45) is -10.1. The predicted molar refractivity (Wildman–Crippen MR) is 94.5 cm³/mol. The first-order valence-corrected chi connectivity index (χ1v) is 8.58. The summed E-state index contributed by atoms with van der Waals surface area (Å²) in [5.41, 5.74) is -3.59. The minimum atomic E-state index is -5.05. The van der Waals surface area contributed by atoms with Crippen molar-refractivity contribution in [2.45, 2.75) is 12.4 Å². The number of nitrogens with one attached hydrogen (secondary N) is 2. The second-order valence-corrected chi connectivity index (χ2v) is 6.65. The molecule has 7 nitrogen and oxygen atoms in total. The monoisotopic (exact) mass is 493 g/mol. The molecule has 3 rings (SSSR count). The predicted octanol–water partition coefficient (Wildman–Crippen LogP) is 4.13. The molecule has 0 saturated carbocycles. The van der Waals surface area contributed by atoms with Crippen molar-refractivity contribution in [3.63, 3.8) is 0 Å². The van der Waals surface area contributed by atoms with E-state index in [-0.39, 0.29) is 23.1 Å². The van der Waals surface area contributed by atoms with Gasteiger partial charge in [-0.2, -0.15) is 31.6 Å². The molecule has 30 heavy (non-hydrogen) atoms. The average Bonchev–Trinajstić information content (AvgIpc) is 3.16. The number of anilines is 1. The molecule has 0 amide bonds. The van der Waals surface area contributed by atoms with Gasteiger partial charge in [0.15, 0.2) is 0 Å². The van der Waals surface area contributed by atoms with E-state index in [2.05, 4.69) is 41.5 Å². The number of aliphatic imine (C=N–C) groups is 1. The molecule has 3 aromatic rings. The van der Waals surface area contributed by atoms with E-state index in [0.717, 1.165) is 0 Å². The molecular weight excluding hydrogens is 486 g/mol. The molecule has 1 heterocycles. The maximum atomic E-state index is 12.9. The molecule has 2 N–H and O–H groups in total. The van der Waals surface area contributed by atoms with Crippen LogP contribution >= 0.6 is 15.9 Å². The number of amidine groups is 1. The van der Waals surface area contributed by atoms with E-state index in [1.807, 2.05) is 5.32 Å². The topological polar surface area (TPSA) is 102 Å². The molecule has 1 aromatic heterocycles. The number of tetrazole rings is 1. The van der Waals surface area contributed by atoms with E-state index < -0.39 is 35.2 Å². The van der Waals surface area contributed by atoms with Crippen LogP contribution in [0.1, 0.15) is 11.1 Å². The van der Waals surface area contributed by atoms with E-state index in [0.29, 0.717) is 16.6 Å². The van der Waals surface area contributed by atoms with E-state index in [4.69, 9.17) is 0 Å². The highest BCUT2D eigenvalue weighted by atomic mass is 79.9. The molecule has 158 valence electrons. The largest absolute Gasteiger partial charge is 0.846 e. The van der Waals surface area contributed by atoms with Crippen molar-refractivity contribution in [2.75, 3.05) is 5.32 Å². The molecule has 0 aliphatic heterocycles. The molecule has 0 radical (unpaired) electrons. The Bertz CT molecular complexity index is 1050. The number of alkyl halides is 6. The maximum absolute atomic E-state index is 12.9. The van der Waals surface area contributed by atoms with Gasteiger partial charge in [-0.05, 0) is 41.6 Å². The van der Waals surface area contributed by atoms with Crippen molar-refractivity contribution < 1.29 is 31.4 Å². The van der Waals surface area contributed by atoms with Gasteiger partial charge in [-0.3, -0.25) is 0 Å². The van der Waals surface area contributed by atoms with Gasteiger partial charge in [-0.15, -0.1) is 10.2 Å². The molecule has 2 aromatic carbocycles. The highest BCUT2D eigenvalue weighted by Gasteiger charge is 2.36. The highest BCUT2D eigenvalue weighted by molar-refractivity contribution is 9.10. The number of aromatic nitrogens is 4. The summed E-state index contributed by atoms with van der Waals surface area (Å²) in [5, 5.41) is 27.2. The quantitative estimate of drug-likeness (QED) is 0.324. The summed E-state index contributed by atoms with van der Waals surface area (Å²) in [6, 6.07) is 3.91. The fraction of sp³-hybridized carbons (Fsp3) is 0.125. The maximum Gasteiger partial charge on any atom is 0.416 e. The Morgan fingerprint density at radius 1 is 1.00 bits per heavy atom. The van der Waals surface area contributed by atoms with Crippen LogP contribution in [0, 0.1) is 0 Å². The highest BCUT2D eigenvalue weighted by Crippen LogP contribution is 2.37. The molecular formula is C16H8BrF6N6O-. The standard InChI is InChI=1S/C16H9BrF6N6O/c17-9-1-2-12(11(6-9)13-26-28-29-27-13)25-14(30)24-10-4-7(15(18,19)20)3-8(5-10)16(21,22)23/h1-6H,(H2,24,25,30)(H,26,27,28,29)/p-1. The normalized spacial score (nSPS) is 12.8. The first kappa shape index (κ1) is 21.5. The van der Waals surface area contributed by atoms with Gasteiger partial charge in [0.05, 0.1) is 22.8 Å². The number of rotatable bonds is 3. The number of hydrogen-bond acceptors (Lipinski definition) is 5. The molecule has 14 heteroatoms. The number of hydrogen-bond donors (Lipinski definition) is 2. The Morgan fingerprint density at radius 3 is 2.17 bits per heavy atom. The first-order valence-electron chi connectivity index (χ1n) is 7.79. The van der Waals surface area contributed by atoms with Crippen molar-refractivity contribution >= 4 is 33.3 Å². The fourth-order valence-corrected chi connectivity index (χ4v) is 2.71. The van der Waals surface area contributed by atoms with Crippen LogP contribution in [0.3, 0.4) is 0 Å². The molecule has 0 spiro atoms. The van der Waals surface area contributed by atoms with Crippen molar-refractivity contribution in [1.82, 2.24) is 20.6 Å². The number of benzene rings is 2. The smallest absolute Gasteiger partial charge is 0.416 e. The van der Waals surface area contributed by atoms with Crippen LogP contribution in [0.5, 0.6) is 0 Å². The molecule has 0 unspecified atom stereocenters. The van der Waals surface area contributed by atoms with Gasteiger partial charge >= 0.3 is 12.4 Å². The van der Waals surface area contributed by atoms with Crippen molar-refractivity contribution in [3.8, 4) is 11.4 Å². The molecule has 0 fully saturated rings. The lowest BCUT2D eigenvalue weighted by Crippen LogP contribution is -2.27. The Balaban J connectivity index is 1.99. The third-order valence-electron chi connectivity index (χ3n) is 3.61. The minimum absolute atomic E-state index is 0.0140. The molecule has 0 bridgehead atoms. The van der Waals surface area contributed by atoms with Gasteiger partial charge in [0, 0.05) is 15.7 Å². The van der Waals surface area contributed by atoms with Crippen LogP contribution in [0.4, 0.5) is 37.7 Å². The van der Waals surface area contributed by atoms with Crippen LogP contribution in [-0.2, 0) is 12.4 Å². The van der Waals surface area contributed by atoms with Gasteiger partial charge in [-0.25, -0.2) is 4.99 Å². The summed E-state index contributed by atoms with van der Waals surface area (Å²) in [4.78, 5) is 3.68. The van der Waals surface area contributed by atoms with Gasteiger partial charge in [-0.1, -0.05) is 15.9 Å². The molecule has 0 saturated heterocycles. The summed E-state index contributed by atoms with van der Waals surface area (Å²) in [5.74, 6) is 0.0706. The summed E-state index contributed by atoms with van der Waals surface area (Å²) < 4.78 is 78.2. The third-order valence-corrected chi connectivity index (χ3v) is 4.10. The van der Waals surface area contributed by atoms with Gasteiger partial charge in [0.1, 0.15) is 0 Å². The van der Waals surface area contributed by atoms with Crippen molar-refractivity contribution in [1.29, 1.82) is 0 Å². The lowest BCUT2D eigenvalue weighted by atomic mass is 10.1. The number of nitrogens with zero attached hydrogens (tertiary/aromatic N) is 4. The van der Waals surface area contributed by atoms with Crippen LogP contribution in [0.2, 0.25) is 0 Å². The van der Waals surface area contributed by atoms with Crippen molar-refractivity contribution in [3.05, 3.63) is 52.0 Å². The van der Waals surface area contributed by atoms with Gasteiger partial charge < -0.3 is 10.4 Å². The zero-order valence-corrected chi connectivity index (χ0v) is 15.9. The second kappa shape index (κ2) is 7.93. The van der Waals surface area contributed by atoms with Gasteiger partial charge in [0.2, 0.25) is 5.82 Å². The Labute approximate surface area is 172 Å². The lowest BCUT2D eigenvalue weighted by molar-refractivity contribution is -0.214. The third kappa shape index (κ3) is 5.06. The van der Waals surface area contributed by atoms with Crippen LogP contribution < -0.4 is 10.4 Å². The SMILES string of the molecule is [O-]C(=Nc1ccc(Br)cc1-c1nn[nH]n1)Nc1cc(C(F)(F)F)cc(C(F)(F)F)c1. The van der Waals surface area contributed by atoms with Gasteiger partial charge in [0.25, 0.3) is 0 Å². The van der Waals surface area contributed by atoms with E-state index in [1.54, 1.807) is 0 Å². The van der Waals surface area contributed by atoms with Crippen LogP contribution in [0.15, 0.2) is 45.9 Å². The summed E-state index contributed by atoms with van der Waals surface area (Å²) >= 11 is 3.21. The number of halogens is 7. The second-order valence-electron chi connectivity index (χ2n) is 5.73. The first-order chi connectivity index (χ1) is 13.9. The fourth-order valence-electron chi connectivity index (χ4n) is 2.35. The zero-order valence-electron chi connectivity index (χ0n) is 14.3. The van der Waals surface area contributed by atoms with Crippen LogP contribution in [0.25, 0.3) is 11.4 Å². The van der Waals surface area contributed by atoms with E-state index in [1.165, 1.54) is 18.2 Å². The van der Waals surface area contributed by atoms with E-state index in [9.17, 15) is 31.4 Å². The minimum Gasteiger partial charge on any atom is -0.846 e. The Kier molecular flexibility index (Phi) is 5.70. The van der Waals surface area contributed by atoms with E-state index >= 15 is 0 Å². The molecule has 0 aliphatic rings. The molecule has 0 atom stereocenters. The number of H-pyrrole nitrogens is 1.